The van der Waals surface area contributed by atoms with Crippen LogP contribution in [0.5, 0.6) is 0 Å². The minimum Gasteiger partial charge on any atom is -0.284 e. The molecule has 3 aromatic rings. The molecular weight excluding hydrogens is 375 g/mol. The number of nitrogens with zero attached hydrogens (tertiary/aromatic N) is 1. The molecule has 0 atom stereocenters. The zero-order valence-electron chi connectivity index (χ0n) is 15.3. The van der Waals surface area contributed by atoms with Crippen molar-refractivity contribution in [3.05, 3.63) is 94.6 Å². The van der Waals surface area contributed by atoms with E-state index < -0.39 is 10.0 Å². The highest BCUT2D eigenvalue weighted by Gasteiger charge is 2.19. The second-order valence-electron chi connectivity index (χ2n) is 6.86. The van der Waals surface area contributed by atoms with Crippen LogP contribution < -0.4 is 4.72 Å². The fraction of sp³-hybridized carbons (Fsp3) is 0.136. The lowest BCUT2D eigenvalue weighted by molar-refractivity contribution is 0.607. The van der Waals surface area contributed by atoms with Gasteiger partial charge in [-0.15, -0.1) is 0 Å². The molecule has 28 heavy (non-hydrogen) atoms. The Morgan fingerprint density at radius 1 is 1.04 bits per heavy atom. The van der Waals surface area contributed by atoms with Crippen LogP contribution >= 0.6 is 0 Å². The maximum Gasteiger partial charge on any atom is 0.229 e. The van der Waals surface area contributed by atoms with Crippen LogP contribution in [0.3, 0.4) is 0 Å². The third kappa shape index (κ3) is 3.97. The summed E-state index contributed by atoms with van der Waals surface area (Å²) in [4.78, 5) is 4.52. The fourth-order valence-electron chi connectivity index (χ4n) is 3.54. The molecule has 6 heteroatoms. The predicted octanol–water partition coefficient (Wildman–Crippen LogP) is 4.28. The highest BCUT2D eigenvalue weighted by molar-refractivity contribution is 7.92. The van der Waals surface area contributed by atoms with Crippen molar-refractivity contribution < 1.29 is 12.8 Å². The van der Waals surface area contributed by atoms with Crippen LogP contribution in [0, 0.1) is 5.82 Å². The van der Waals surface area contributed by atoms with Gasteiger partial charge in [0.15, 0.2) is 0 Å². The Kier molecular flexibility index (Phi) is 4.73. The summed E-state index contributed by atoms with van der Waals surface area (Å²) in [5, 5.41) is 0. The second-order valence-corrected chi connectivity index (χ2v) is 8.61. The van der Waals surface area contributed by atoms with Crippen LogP contribution in [0.25, 0.3) is 11.6 Å². The number of pyridine rings is 1. The number of sulfonamides is 1. The molecule has 0 radical (unpaired) electrons. The molecule has 0 saturated carbocycles. The van der Waals surface area contributed by atoms with Gasteiger partial charge in [-0.3, -0.25) is 9.71 Å². The zero-order chi connectivity index (χ0) is 19.7. The third-order valence-corrected chi connectivity index (χ3v) is 5.28. The van der Waals surface area contributed by atoms with Gasteiger partial charge in [0.05, 0.1) is 6.26 Å². The van der Waals surface area contributed by atoms with E-state index in [-0.39, 0.29) is 5.82 Å². The summed E-state index contributed by atoms with van der Waals surface area (Å²) in [5.74, 6) is -0.253. The molecule has 2 aromatic carbocycles. The second kappa shape index (κ2) is 7.20. The van der Waals surface area contributed by atoms with E-state index in [1.165, 1.54) is 6.07 Å². The van der Waals surface area contributed by atoms with Gasteiger partial charge < -0.3 is 0 Å². The lowest BCUT2D eigenvalue weighted by atomic mass is 9.93. The number of aromatic nitrogens is 1. The van der Waals surface area contributed by atoms with Crippen LogP contribution in [-0.2, 0) is 22.9 Å². The van der Waals surface area contributed by atoms with E-state index in [0.717, 1.165) is 46.2 Å². The minimum absolute atomic E-state index is 0.253. The Bertz CT molecular complexity index is 1190. The van der Waals surface area contributed by atoms with Crippen molar-refractivity contribution in [1.29, 1.82) is 0 Å². The molecule has 0 amide bonds. The number of anilines is 1. The van der Waals surface area contributed by atoms with E-state index in [9.17, 15) is 12.8 Å². The summed E-state index contributed by atoms with van der Waals surface area (Å²) in [5.41, 5.74) is 6.17. The van der Waals surface area contributed by atoms with Crippen molar-refractivity contribution >= 4 is 27.4 Å². The molecule has 4 rings (SSSR count). The minimum atomic E-state index is -3.36. The Balaban J connectivity index is 1.88. The summed E-state index contributed by atoms with van der Waals surface area (Å²) in [6.07, 6.45) is 6.33. The topological polar surface area (TPSA) is 59.1 Å². The molecule has 0 bridgehead atoms. The first kappa shape index (κ1) is 18.4. The molecule has 0 unspecified atom stereocenters. The van der Waals surface area contributed by atoms with Gasteiger partial charge in [-0.1, -0.05) is 24.3 Å². The van der Waals surface area contributed by atoms with E-state index >= 15 is 0 Å². The van der Waals surface area contributed by atoms with Gasteiger partial charge in [-0.25, -0.2) is 12.8 Å². The molecule has 1 aliphatic carbocycles. The van der Waals surface area contributed by atoms with Crippen molar-refractivity contribution in [3.63, 3.8) is 0 Å². The molecule has 0 spiro atoms. The molecule has 4 nitrogen and oxygen atoms in total. The van der Waals surface area contributed by atoms with Gasteiger partial charge in [0.2, 0.25) is 10.0 Å². The number of nitrogens with one attached hydrogen (secondary N) is 1. The van der Waals surface area contributed by atoms with E-state index in [2.05, 4.69) is 9.71 Å². The van der Waals surface area contributed by atoms with Gasteiger partial charge in [0, 0.05) is 23.1 Å². The Hall–Kier alpha value is -2.99. The van der Waals surface area contributed by atoms with Gasteiger partial charge in [0.25, 0.3) is 0 Å². The lowest BCUT2D eigenvalue weighted by Crippen LogP contribution is -2.09. The molecule has 1 aliphatic rings. The number of hydrogen-bond acceptors (Lipinski definition) is 3. The first-order valence-corrected chi connectivity index (χ1v) is 10.8. The predicted molar refractivity (Wildman–Crippen MR) is 110 cm³/mol. The van der Waals surface area contributed by atoms with E-state index in [1.54, 1.807) is 36.5 Å². The third-order valence-electron chi connectivity index (χ3n) is 4.67. The summed E-state index contributed by atoms with van der Waals surface area (Å²) >= 11 is 0. The lowest BCUT2D eigenvalue weighted by Gasteiger charge is -2.12. The quantitative estimate of drug-likeness (QED) is 0.721. The number of halogens is 1. The van der Waals surface area contributed by atoms with Gasteiger partial charge in [0.1, 0.15) is 5.82 Å². The monoisotopic (exact) mass is 394 g/mol. The van der Waals surface area contributed by atoms with E-state index in [1.807, 2.05) is 24.3 Å². The average Bonchev–Trinajstić information content (AvgIpc) is 2.78. The van der Waals surface area contributed by atoms with Gasteiger partial charge in [-0.2, -0.15) is 0 Å². The van der Waals surface area contributed by atoms with Gasteiger partial charge in [-0.05, 0) is 71.5 Å². The Morgan fingerprint density at radius 2 is 1.89 bits per heavy atom. The first-order chi connectivity index (χ1) is 13.4. The molecule has 0 aliphatic heterocycles. The standard InChI is InChI=1S/C22H19FN2O2S/c1-28(26,27)25-18-5-2-4-15(12-18)13-21-19-9-8-17(23)14-16(19)7-10-22-20(21)6-3-11-24-22/h2-6,8-9,11-14,25H,7,10H2,1H3/b21-13+. The summed E-state index contributed by atoms with van der Waals surface area (Å²) in [6.45, 7) is 0. The Labute approximate surface area is 163 Å². The number of aryl methyl sites for hydroxylation is 2. The maximum atomic E-state index is 13.8. The number of fused-ring (bicyclic) bond motifs is 2. The number of rotatable bonds is 3. The molecule has 0 saturated heterocycles. The highest BCUT2D eigenvalue weighted by Crippen LogP contribution is 2.34. The Morgan fingerprint density at radius 3 is 2.71 bits per heavy atom. The van der Waals surface area contributed by atoms with Crippen LogP contribution in [0.1, 0.15) is 27.9 Å². The molecule has 142 valence electrons. The summed E-state index contributed by atoms with van der Waals surface area (Å²) < 4.78 is 39.4. The van der Waals surface area contributed by atoms with E-state index in [0.29, 0.717) is 12.1 Å². The summed E-state index contributed by atoms with van der Waals surface area (Å²) in [6, 6.07) is 15.9. The summed E-state index contributed by atoms with van der Waals surface area (Å²) in [7, 11) is -3.36. The normalized spacial score (nSPS) is 14.9. The maximum absolute atomic E-state index is 13.8. The first-order valence-electron chi connectivity index (χ1n) is 8.92. The smallest absolute Gasteiger partial charge is 0.229 e. The molecule has 1 aromatic heterocycles. The van der Waals surface area contributed by atoms with Crippen LogP contribution in [0.2, 0.25) is 0 Å². The van der Waals surface area contributed by atoms with Crippen molar-refractivity contribution in [3.8, 4) is 0 Å². The molecule has 0 fully saturated rings. The number of benzene rings is 2. The molecule has 1 N–H and O–H groups in total. The van der Waals surface area contributed by atoms with Crippen LogP contribution in [0.15, 0.2) is 60.8 Å². The molecular formula is C22H19FN2O2S. The van der Waals surface area contributed by atoms with Gasteiger partial charge >= 0.3 is 0 Å². The number of hydrogen-bond donors (Lipinski definition) is 1. The van der Waals surface area contributed by atoms with Crippen molar-refractivity contribution in [2.45, 2.75) is 12.8 Å². The average molecular weight is 394 g/mol. The SMILES string of the molecule is CS(=O)(=O)Nc1cccc(/C=C2\c3ccc(F)cc3CCc3ncccc32)c1. The van der Waals surface area contributed by atoms with Crippen LogP contribution in [0.4, 0.5) is 10.1 Å². The largest absolute Gasteiger partial charge is 0.284 e. The fourth-order valence-corrected chi connectivity index (χ4v) is 4.10. The zero-order valence-corrected chi connectivity index (χ0v) is 16.1. The van der Waals surface area contributed by atoms with Crippen molar-refractivity contribution in [1.82, 2.24) is 4.98 Å². The van der Waals surface area contributed by atoms with Crippen molar-refractivity contribution in [2.75, 3.05) is 11.0 Å². The van der Waals surface area contributed by atoms with Crippen molar-refractivity contribution in [2.24, 2.45) is 0 Å². The molecule has 1 heterocycles. The van der Waals surface area contributed by atoms with E-state index in [4.69, 9.17) is 0 Å². The van der Waals surface area contributed by atoms with Crippen LogP contribution in [-0.4, -0.2) is 19.7 Å². The highest BCUT2D eigenvalue weighted by atomic mass is 32.2.